The van der Waals surface area contributed by atoms with Crippen LogP contribution in [0.25, 0.3) is 0 Å². The van der Waals surface area contributed by atoms with Crippen LogP contribution >= 0.6 is 0 Å². The van der Waals surface area contributed by atoms with Crippen molar-refractivity contribution in [3.05, 3.63) is 0 Å². The Morgan fingerprint density at radius 2 is 0.905 bits per heavy atom. The zero-order chi connectivity index (χ0) is 16.4. The van der Waals surface area contributed by atoms with Crippen LogP contribution in [-0.4, -0.2) is 33.8 Å². The van der Waals surface area contributed by atoms with E-state index in [1.165, 1.54) is 88.8 Å². The first-order chi connectivity index (χ1) is 9.91. The minimum absolute atomic E-state index is 1.29. The van der Waals surface area contributed by atoms with Gasteiger partial charge in [0.2, 0.25) is 0 Å². The van der Waals surface area contributed by atoms with E-state index in [4.69, 9.17) is 17.5 Å². The third-order valence-electron chi connectivity index (χ3n) is 3.31. The van der Waals surface area contributed by atoms with Crippen molar-refractivity contribution >= 4 is 26.7 Å². The van der Waals surface area contributed by atoms with Gasteiger partial charge in [-0.2, -0.15) is 0 Å². The van der Waals surface area contributed by atoms with E-state index in [0.717, 1.165) is 0 Å². The van der Waals surface area contributed by atoms with E-state index in [2.05, 4.69) is 23.2 Å². The molecule has 4 nitrogen and oxygen atoms in total. The third-order valence-corrected chi connectivity index (χ3v) is 3.72. The molecule has 0 aliphatic carbocycles. The largest absolute Gasteiger partial charge is 0.759 e. The third kappa shape index (κ3) is 38.5. The van der Waals surface area contributed by atoms with Crippen LogP contribution in [0.1, 0.15) is 90.4 Å². The van der Waals surface area contributed by atoms with Crippen LogP contribution in [-0.2, 0) is 10.4 Å². The molecule has 0 aromatic rings. The van der Waals surface area contributed by atoms with E-state index < -0.39 is 10.4 Å². The number of rotatable bonds is 13. The molecule has 0 aliphatic rings. The Morgan fingerprint density at radius 3 is 1.14 bits per heavy atom. The summed E-state index contributed by atoms with van der Waals surface area (Å²) in [6.07, 6.45) is 18.9. The Balaban J connectivity index is 0. The fourth-order valence-corrected chi connectivity index (χ4v) is 2.45. The first kappa shape index (κ1) is 23.7. The maximum atomic E-state index is 8.52. The Bertz CT molecular complexity index is 259. The summed E-state index contributed by atoms with van der Waals surface area (Å²) < 4.78 is 34.1. The standard InChI is InChI=1S/C15H31.Al.H2O4S/c1-3-5-7-9-11-13-15-14-12-10-8-6-4-2;;1-5(2,3)4/h1,3-15H2,2H3;;(H2,1,2,3,4)/q;+2;/p-2. The van der Waals surface area contributed by atoms with Crippen molar-refractivity contribution in [1.82, 2.24) is 0 Å². The van der Waals surface area contributed by atoms with Gasteiger partial charge in [0.05, 0.1) is 0 Å². The number of hydrogen-bond donors (Lipinski definition) is 0. The van der Waals surface area contributed by atoms with Crippen molar-refractivity contribution in [2.45, 2.75) is 95.7 Å². The van der Waals surface area contributed by atoms with Gasteiger partial charge in [-0.3, -0.25) is 8.42 Å². The second-order valence-corrected chi connectivity index (χ2v) is 6.83. The van der Waals surface area contributed by atoms with E-state index in [0.29, 0.717) is 0 Å². The monoisotopic (exact) mass is 334 g/mol. The van der Waals surface area contributed by atoms with Crippen molar-refractivity contribution < 1.29 is 17.5 Å². The molecule has 0 amide bonds. The van der Waals surface area contributed by atoms with Gasteiger partial charge in [-0.25, -0.2) is 0 Å². The summed E-state index contributed by atoms with van der Waals surface area (Å²) in [5, 5.41) is 1.29. The second kappa shape index (κ2) is 18.5. The normalized spacial score (nSPS) is 11.1. The van der Waals surface area contributed by atoms with E-state index >= 15 is 0 Å². The quantitative estimate of drug-likeness (QED) is 0.217. The van der Waals surface area contributed by atoms with Crippen molar-refractivity contribution in [1.29, 1.82) is 0 Å². The van der Waals surface area contributed by atoms with Gasteiger partial charge in [-0.05, 0) is 0 Å². The molecule has 0 aliphatic heterocycles. The van der Waals surface area contributed by atoms with Gasteiger partial charge in [-0.1, -0.05) is 19.8 Å². The molecule has 0 N–H and O–H groups in total. The number of unbranched alkanes of at least 4 members (excludes halogenated alkanes) is 12. The van der Waals surface area contributed by atoms with E-state index in [1.54, 1.807) is 0 Å². The summed E-state index contributed by atoms with van der Waals surface area (Å²) in [5.41, 5.74) is 0. The van der Waals surface area contributed by atoms with Crippen LogP contribution in [0.15, 0.2) is 0 Å². The molecule has 0 rings (SSSR count). The van der Waals surface area contributed by atoms with Crippen molar-refractivity contribution in [3.63, 3.8) is 0 Å². The fourth-order valence-electron chi connectivity index (χ4n) is 2.16. The molecule has 0 unspecified atom stereocenters. The van der Waals surface area contributed by atoms with Crippen LogP contribution in [0.4, 0.5) is 0 Å². The van der Waals surface area contributed by atoms with Gasteiger partial charge in [0.1, 0.15) is 0 Å². The molecular formula is C15H31AlO4S. The summed E-state index contributed by atoms with van der Waals surface area (Å²) in [5.74, 6) is 0. The first-order valence-electron chi connectivity index (χ1n) is 8.28. The predicted octanol–water partition coefficient (Wildman–Crippen LogP) is 4.33. The van der Waals surface area contributed by atoms with Gasteiger partial charge in [0.15, 0.2) is 0 Å². The molecular weight excluding hydrogens is 303 g/mol. The second-order valence-electron chi connectivity index (χ2n) is 5.44. The summed E-state index contributed by atoms with van der Waals surface area (Å²) in [4.78, 5) is 0. The SMILES string of the molecule is CCCCCCCCCCCCCC[CH2][Al+2].O=S(=O)([O-])[O-]. The van der Waals surface area contributed by atoms with Crippen molar-refractivity contribution in [2.75, 3.05) is 0 Å². The van der Waals surface area contributed by atoms with Crippen LogP contribution in [0.5, 0.6) is 0 Å². The van der Waals surface area contributed by atoms with Crippen LogP contribution in [0.3, 0.4) is 0 Å². The van der Waals surface area contributed by atoms with Crippen LogP contribution in [0, 0.1) is 0 Å². The molecule has 0 atom stereocenters. The minimum atomic E-state index is -5.17. The molecule has 0 radical (unpaired) electrons. The van der Waals surface area contributed by atoms with E-state index in [9.17, 15) is 0 Å². The maximum absolute atomic E-state index is 8.52. The van der Waals surface area contributed by atoms with Gasteiger partial charge in [0.25, 0.3) is 0 Å². The molecule has 0 saturated carbocycles. The average molecular weight is 334 g/mol. The first-order valence-corrected chi connectivity index (χ1v) is 10.4. The average Bonchev–Trinajstić information content (AvgIpc) is 2.38. The molecule has 0 aromatic carbocycles. The Kier molecular flexibility index (Phi) is 20.8. The summed E-state index contributed by atoms with van der Waals surface area (Å²) in [7, 11) is -5.17. The summed E-state index contributed by atoms with van der Waals surface area (Å²) in [6, 6.07) is 0. The maximum Gasteiger partial charge on any atom is 0.0311 e. The van der Waals surface area contributed by atoms with Gasteiger partial charge in [-0.15, -0.1) is 0 Å². The van der Waals surface area contributed by atoms with Gasteiger partial charge in [0, 0.05) is 10.4 Å². The Hall–Kier alpha value is 0.402. The van der Waals surface area contributed by atoms with E-state index in [-0.39, 0.29) is 0 Å². The van der Waals surface area contributed by atoms with Crippen molar-refractivity contribution in [3.8, 4) is 0 Å². The topological polar surface area (TPSA) is 80.3 Å². The summed E-state index contributed by atoms with van der Waals surface area (Å²) >= 11 is 2.82. The molecule has 0 spiro atoms. The molecule has 6 heteroatoms. The van der Waals surface area contributed by atoms with Crippen LogP contribution < -0.4 is 0 Å². The van der Waals surface area contributed by atoms with E-state index in [1.807, 2.05) is 0 Å². The minimum Gasteiger partial charge on any atom is -0.759 e. The molecule has 0 fully saturated rings. The van der Waals surface area contributed by atoms with Crippen molar-refractivity contribution in [2.24, 2.45) is 0 Å². The molecule has 0 bridgehead atoms. The van der Waals surface area contributed by atoms with Crippen LogP contribution in [0.2, 0.25) is 5.28 Å². The molecule has 0 aromatic heterocycles. The Morgan fingerprint density at radius 1 is 0.667 bits per heavy atom. The Labute approximate surface area is 140 Å². The van der Waals surface area contributed by atoms with Gasteiger partial charge >= 0.3 is 92.2 Å². The molecule has 0 heterocycles. The zero-order valence-corrected chi connectivity index (χ0v) is 15.5. The zero-order valence-electron chi connectivity index (χ0n) is 13.5. The molecule has 0 saturated heterocycles. The molecule has 124 valence electrons. The molecule has 21 heavy (non-hydrogen) atoms. The predicted molar refractivity (Wildman–Crippen MR) is 86.7 cm³/mol. The number of hydrogen-bond acceptors (Lipinski definition) is 4. The van der Waals surface area contributed by atoms with Gasteiger partial charge < -0.3 is 9.11 Å². The summed E-state index contributed by atoms with van der Waals surface area (Å²) in [6.45, 7) is 2.29. The smallest absolute Gasteiger partial charge is 0.0311 e. The fraction of sp³-hybridized carbons (Fsp3) is 1.00.